The summed E-state index contributed by atoms with van der Waals surface area (Å²) in [5, 5.41) is 0. The molecule has 0 bridgehead atoms. The number of hydrogen-bond donors (Lipinski definition) is 1. The largest absolute Gasteiger partial charge is 0.486 e. The Morgan fingerprint density at radius 2 is 1.76 bits per heavy atom. The zero-order valence-electron chi connectivity index (χ0n) is 12.7. The quantitative estimate of drug-likeness (QED) is 0.925. The van der Waals surface area contributed by atoms with Crippen molar-refractivity contribution in [1.29, 1.82) is 0 Å². The Morgan fingerprint density at radius 1 is 1.14 bits per heavy atom. The molecule has 2 aliphatic rings. The van der Waals surface area contributed by atoms with Gasteiger partial charge >= 0.3 is 0 Å². The predicted molar refractivity (Wildman–Crippen MR) is 80.8 cm³/mol. The average Bonchev–Trinajstić information content (AvgIpc) is 2.54. The highest BCUT2D eigenvalue weighted by molar-refractivity contribution is 5.51. The first-order valence-corrected chi connectivity index (χ1v) is 7.94. The Kier molecular flexibility index (Phi) is 4.07. The van der Waals surface area contributed by atoms with E-state index in [4.69, 9.17) is 15.2 Å². The zero-order valence-corrected chi connectivity index (χ0v) is 12.7. The van der Waals surface area contributed by atoms with Gasteiger partial charge in [0.1, 0.15) is 19.4 Å². The maximum Gasteiger partial charge on any atom is 0.161 e. The van der Waals surface area contributed by atoms with Crippen LogP contribution in [-0.2, 0) is 5.41 Å². The molecule has 116 valence electrons. The third-order valence-electron chi connectivity index (χ3n) is 4.92. The van der Waals surface area contributed by atoms with Crippen molar-refractivity contribution in [3.05, 3.63) is 23.3 Å². The molecule has 1 heterocycles. The van der Waals surface area contributed by atoms with Crippen molar-refractivity contribution in [1.82, 2.24) is 0 Å². The highest BCUT2D eigenvalue weighted by Crippen LogP contribution is 2.46. The van der Waals surface area contributed by atoms with Crippen molar-refractivity contribution in [2.75, 3.05) is 19.8 Å². The fraction of sp³-hybridized carbons (Fsp3) is 0.647. The SMILES string of the molecule is CC(F)c1cc2c(cc1C1(CN)CCCCC1)OCCO2. The lowest BCUT2D eigenvalue weighted by Gasteiger charge is -2.39. The molecule has 1 unspecified atom stereocenters. The van der Waals surface area contributed by atoms with Crippen LogP contribution in [0.2, 0.25) is 0 Å². The van der Waals surface area contributed by atoms with E-state index >= 15 is 0 Å². The summed E-state index contributed by atoms with van der Waals surface area (Å²) >= 11 is 0. The Balaban J connectivity index is 2.10. The van der Waals surface area contributed by atoms with Crippen LogP contribution in [0.25, 0.3) is 0 Å². The Labute approximate surface area is 125 Å². The second-order valence-corrected chi connectivity index (χ2v) is 6.24. The summed E-state index contributed by atoms with van der Waals surface area (Å²) in [6.07, 6.45) is 4.59. The number of ether oxygens (including phenoxy) is 2. The predicted octanol–water partition coefficient (Wildman–Crippen LogP) is 3.65. The molecule has 1 fully saturated rings. The minimum atomic E-state index is -1.03. The third kappa shape index (κ3) is 2.61. The molecule has 2 N–H and O–H groups in total. The molecule has 0 aromatic heterocycles. The monoisotopic (exact) mass is 293 g/mol. The van der Waals surface area contributed by atoms with Gasteiger partial charge in [-0.25, -0.2) is 4.39 Å². The minimum Gasteiger partial charge on any atom is -0.486 e. The zero-order chi connectivity index (χ0) is 14.9. The van der Waals surface area contributed by atoms with Gasteiger partial charge in [0.05, 0.1) is 0 Å². The Bertz CT molecular complexity index is 510. The molecular weight excluding hydrogens is 269 g/mol. The number of hydrogen-bond acceptors (Lipinski definition) is 3. The normalized spacial score (nSPS) is 21.9. The van der Waals surface area contributed by atoms with Crippen LogP contribution in [0.1, 0.15) is 56.3 Å². The van der Waals surface area contributed by atoms with Crippen LogP contribution in [0.4, 0.5) is 4.39 Å². The molecule has 3 rings (SSSR count). The van der Waals surface area contributed by atoms with E-state index in [1.807, 2.05) is 12.1 Å². The minimum absolute atomic E-state index is 0.107. The highest BCUT2D eigenvalue weighted by atomic mass is 19.1. The molecule has 1 aliphatic heterocycles. The molecule has 1 aromatic rings. The van der Waals surface area contributed by atoms with Crippen molar-refractivity contribution in [2.45, 2.75) is 50.6 Å². The van der Waals surface area contributed by atoms with Crippen LogP contribution in [0, 0.1) is 0 Å². The van der Waals surface area contributed by atoms with E-state index in [1.54, 1.807) is 6.92 Å². The van der Waals surface area contributed by atoms with Crippen LogP contribution < -0.4 is 15.2 Å². The first-order chi connectivity index (χ1) is 10.2. The summed E-state index contributed by atoms with van der Waals surface area (Å²) in [7, 11) is 0. The first kappa shape index (κ1) is 14.6. The van der Waals surface area contributed by atoms with E-state index in [9.17, 15) is 4.39 Å². The lowest BCUT2D eigenvalue weighted by molar-refractivity contribution is 0.169. The molecule has 1 aliphatic carbocycles. The van der Waals surface area contributed by atoms with Crippen molar-refractivity contribution in [3.63, 3.8) is 0 Å². The van der Waals surface area contributed by atoms with Gasteiger partial charge in [0.15, 0.2) is 11.5 Å². The fourth-order valence-electron chi connectivity index (χ4n) is 3.70. The molecule has 0 spiro atoms. The number of nitrogens with two attached hydrogens (primary N) is 1. The van der Waals surface area contributed by atoms with Crippen LogP contribution in [-0.4, -0.2) is 19.8 Å². The third-order valence-corrected chi connectivity index (χ3v) is 4.92. The maximum absolute atomic E-state index is 14.2. The summed E-state index contributed by atoms with van der Waals surface area (Å²) in [6, 6.07) is 3.80. The lowest BCUT2D eigenvalue weighted by atomic mass is 9.67. The molecule has 0 amide bonds. The summed E-state index contributed by atoms with van der Waals surface area (Å²) in [4.78, 5) is 0. The number of benzene rings is 1. The topological polar surface area (TPSA) is 44.5 Å². The fourth-order valence-corrected chi connectivity index (χ4v) is 3.70. The van der Waals surface area contributed by atoms with E-state index in [-0.39, 0.29) is 5.41 Å². The van der Waals surface area contributed by atoms with Gasteiger partial charge in [-0.15, -0.1) is 0 Å². The average molecular weight is 293 g/mol. The Morgan fingerprint density at radius 3 is 2.33 bits per heavy atom. The van der Waals surface area contributed by atoms with Crippen LogP contribution >= 0.6 is 0 Å². The van der Waals surface area contributed by atoms with Crippen molar-refractivity contribution < 1.29 is 13.9 Å². The van der Waals surface area contributed by atoms with E-state index in [0.29, 0.717) is 31.1 Å². The van der Waals surface area contributed by atoms with Gasteiger partial charge in [0.25, 0.3) is 0 Å². The van der Waals surface area contributed by atoms with Gasteiger partial charge in [-0.2, -0.15) is 0 Å². The van der Waals surface area contributed by atoms with Gasteiger partial charge in [-0.3, -0.25) is 0 Å². The molecule has 4 heteroatoms. The van der Waals surface area contributed by atoms with Crippen LogP contribution in [0.5, 0.6) is 11.5 Å². The van der Waals surface area contributed by atoms with Gasteiger partial charge < -0.3 is 15.2 Å². The summed E-state index contributed by atoms with van der Waals surface area (Å²) in [5.74, 6) is 1.39. The maximum atomic E-state index is 14.2. The molecule has 0 saturated heterocycles. The highest BCUT2D eigenvalue weighted by Gasteiger charge is 2.36. The second-order valence-electron chi connectivity index (χ2n) is 6.24. The second kappa shape index (κ2) is 5.84. The van der Waals surface area contributed by atoms with E-state index < -0.39 is 6.17 Å². The van der Waals surface area contributed by atoms with E-state index in [2.05, 4.69) is 0 Å². The van der Waals surface area contributed by atoms with Crippen molar-refractivity contribution >= 4 is 0 Å². The van der Waals surface area contributed by atoms with Crippen molar-refractivity contribution in [3.8, 4) is 11.5 Å². The smallest absolute Gasteiger partial charge is 0.161 e. The summed E-state index contributed by atoms with van der Waals surface area (Å²) in [6.45, 7) is 3.22. The molecule has 21 heavy (non-hydrogen) atoms. The van der Waals surface area contributed by atoms with Gasteiger partial charge in [0.2, 0.25) is 0 Å². The number of halogens is 1. The summed E-state index contributed by atoms with van der Waals surface area (Å²) in [5.41, 5.74) is 7.76. The van der Waals surface area contributed by atoms with Gasteiger partial charge in [-0.05, 0) is 43.0 Å². The lowest BCUT2D eigenvalue weighted by Crippen LogP contribution is -2.38. The van der Waals surface area contributed by atoms with Gasteiger partial charge in [0, 0.05) is 12.0 Å². The number of rotatable bonds is 3. The number of fused-ring (bicyclic) bond motifs is 1. The first-order valence-electron chi connectivity index (χ1n) is 7.94. The van der Waals surface area contributed by atoms with Crippen LogP contribution in [0.15, 0.2) is 12.1 Å². The van der Waals surface area contributed by atoms with E-state index in [1.165, 1.54) is 6.42 Å². The standard InChI is InChI=1S/C17H24FNO2/c1-12(18)13-9-15-16(21-8-7-20-15)10-14(13)17(11-19)5-3-2-4-6-17/h9-10,12H,2-8,11,19H2,1H3. The number of alkyl halides is 1. The summed E-state index contributed by atoms with van der Waals surface area (Å²) < 4.78 is 25.5. The molecule has 1 saturated carbocycles. The van der Waals surface area contributed by atoms with Crippen LogP contribution in [0.3, 0.4) is 0 Å². The molecule has 1 aromatic carbocycles. The Hall–Kier alpha value is -1.29. The van der Waals surface area contributed by atoms with E-state index in [0.717, 1.165) is 37.0 Å². The van der Waals surface area contributed by atoms with Crippen molar-refractivity contribution in [2.24, 2.45) is 5.73 Å². The molecule has 0 radical (unpaired) electrons. The van der Waals surface area contributed by atoms with Gasteiger partial charge in [-0.1, -0.05) is 19.3 Å². The molecular formula is C17H24FNO2. The molecule has 1 atom stereocenters. The molecule has 3 nitrogen and oxygen atoms in total.